The minimum atomic E-state index is -0.963. The van der Waals surface area contributed by atoms with Gasteiger partial charge in [-0.15, -0.1) is 0 Å². The van der Waals surface area contributed by atoms with Crippen LogP contribution in [0.5, 0.6) is 0 Å². The molecule has 2 N–H and O–H groups in total. The monoisotopic (exact) mass is 230 g/mol. The Bertz CT molecular complexity index is 351. The number of thioether (sulfide) groups is 1. The lowest BCUT2D eigenvalue weighted by Gasteiger charge is -2.08. The molecule has 15 heavy (non-hydrogen) atoms. The summed E-state index contributed by atoms with van der Waals surface area (Å²) < 4.78 is 1.56. The normalized spacial score (nSPS) is 12.7. The number of aliphatic hydroxyl groups excluding tert-OH is 1. The lowest BCUT2D eigenvalue weighted by Crippen LogP contribution is -2.07. The number of aliphatic hydroxyl groups is 1. The molecule has 1 atom stereocenters. The third kappa shape index (κ3) is 2.97. The number of hydrogen-bond acceptors (Lipinski definition) is 4. The second-order valence-electron chi connectivity index (χ2n) is 3.24. The van der Waals surface area contributed by atoms with Crippen molar-refractivity contribution in [2.75, 3.05) is 6.61 Å². The van der Waals surface area contributed by atoms with Gasteiger partial charge in [0, 0.05) is 18.1 Å². The standard InChI is InChI=1S/C9H14N2O3S/c1-6(4-12)15-5-8-7(9(13)14)3-10-11(8)2/h3,6,12H,4-5H2,1-2H3,(H,13,14). The molecule has 1 unspecified atom stereocenters. The van der Waals surface area contributed by atoms with Gasteiger partial charge in [-0.3, -0.25) is 4.68 Å². The summed E-state index contributed by atoms with van der Waals surface area (Å²) in [6.45, 7) is 1.98. The number of carbonyl (C=O) groups is 1. The molecule has 1 rings (SSSR count). The first-order valence-electron chi connectivity index (χ1n) is 4.53. The van der Waals surface area contributed by atoms with E-state index in [0.717, 1.165) is 0 Å². The molecule has 1 aromatic heterocycles. The topological polar surface area (TPSA) is 75.3 Å². The van der Waals surface area contributed by atoms with Gasteiger partial charge in [-0.2, -0.15) is 16.9 Å². The fourth-order valence-corrected chi connectivity index (χ4v) is 1.98. The summed E-state index contributed by atoms with van der Waals surface area (Å²) >= 11 is 1.51. The Morgan fingerprint density at radius 3 is 2.93 bits per heavy atom. The van der Waals surface area contributed by atoms with Gasteiger partial charge in [0.25, 0.3) is 0 Å². The largest absolute Gasteiger partial charge is 0.478 e. The number of aryl methyl sites for hydroxylation is 1. The van der Waals surface area contributed by atoms with Crippen molar-refractivity contribution in [3.05, 3.63) is 17.5 Å². The SMILES string of the molecule is CC(CO)SCc1c(C(=O)O)cnn1C. The van der Waals surface area contributed by atoms with Crippen LogP contribution in [0.3, 0.4) is 0 Å². The van der Waals surface area contributed by atoms with Crippen LogP contribution in [0, 0.1) is 0 Å². The molecule has 0 bridgehead atoms. The van der Waals surface area contributed by atoms with Crippen molar-refractivity contribution < 1.29 is 15.0 Å². The molecule has 1 aromatic rings. The molecule has 84 valence electrons. The number of rotatable bonds is 5. The predicted octanol–water partition coefficient (Wildman–Crippen LogP) is 0.732. The van der Waals surface area contributed by atoms with E-state index in [4.69, 9.17) is 10.2 Å². The molecular formula is C9H14N2O3S. The van der Waals surface area contributed by atoms with Gasteiger partial charge < -0.3 is 10.2 Å². The maximum atomic E-state index is 10.8. The smallest absolute Gasteiger partial charge is 0.339 e. The third-order valence-corrected chi connectivity index (χ3v) is 3.21. The van der Waals surface area contributed by atoms with Crippen molar-refractivity contribution in [3.63, 3.8) is 0 Å². The van der Waals surface area contributed by atoms with E-state index in [1.807, 2.05) is 6.92 Å². The fraction of sp³-hybridized carbons (Fsp3) is 0.556. The second-order valence-corrected chi connectivity index (χ2v) is 4.66. The molecule has 0 saturated carbocycles. The molecular weight excluding hydrogens is 216 g/mol. The summed E-state index contributed by atoms with van der Waals surface area (Å²) in [5, 5.41) is 21.7. The van der Waals surface area contributed by atoms with Crippen LogP contribution >= 0.6 is 11.8 Å². The summed E-state index contributed by atoms with van der Waals surface area (Å²) in [5.41, 5.74) is 0.905. The molecule has 0 amide bonds. The number of carboxylic acids is 1. The number of nitrogens with zero attached hydrogens (tertiary/aromatic N) is 2. The van der Waals surface area contributed by atoms with Gasteiger partial charge in [0.2, 0.25) is 0 Å². The second kappa shape index (κ2) is 5.18. The van der Waals surface area contributed by atoms with E-state index in [1.165, 1.54) is 18.0 Å². The van der Waals surface area contributed by atoms with Crippen molar-refractivity contribution in [2.24, 2.45) is 7.05 Å². The van der Waals surface area contributed by atoms with Crippen molar-refractivity contribution >= 4 is 17.7 Å². The molecule has 0 fully saturated rings. The molecule has 0 aliphatic carbocycles. The average Bonchev–Trinajstić information content (AvgIpc) is 2.56. The fourth-order valence-electron chi connectivity index (χ4n) is 1.09. The van der Waals surface area contributed by atoms with Crippen LogP contribution in [-0.4, -0.2) is 37.8 Å². The Hall–Kier alpha value is -1.01. The van der Waals surface area contributed by atoms with Gasteiger partial charge in [0.15, 0.2) is 0 Å². The Labute approximate surface area is 92.1 Å². The maximum Gasteiger partial charge on any atom is 0.339 e. The Balaban J connectivity index is 2.75. The molecule has 5 nitrogen and oxygen atoms in total. The van der Waals surface area contributed by atoms with Crippen LogP contribution in [0.1, 0.15) is 23.0 Å². The van der Waals surface area contributed by atoms with E-state index in [9.17, 15) is 4.79 Å². The number of carboxylic acid groups (broad SMARTS) is 1. The number of aromatic nitrogens is 2. The molecule has 0 aliphatic heterocycles. The van der Waals surface area contributed by atoms with Crippen LogP contribution in [0.25, 0.3) is 0 Å². The van der Waals surface area contributed by atoms with Crippen LogP contribution < -0.4 is 0 Å². The molecule has 0 spiro atoms. The van der Waals surface area contributed by atoms with Crippen LogP contribution in [0.4, 0.5) is 0 Å². The maximum absolute atomic E-state index is 10.8. The molecule has 0 aliphatic rings. The number of aromatic carboxylic acids is 1. The predicted molar refractivity (Wildman–Crippen MR) is 58.0 cm³/mol. The summed E-state index contributed by atoms with van der Waals surface area (Å²) in [5.74, 6) is -0.421. The zero-order chi connectivity index (χ0) is 11.4. The summed E-state index contributed by atoms with van der Waals surface area (Å²) in [4.78, 5) is 10.8. The highest BCUT2D eigenvalue weighted by atomic mass is 32.2. The molecule has 0 aromatic carbocycles. The Kier molecular flexibility index (Phi) is 4.16. The highest BCUT2D eigenvalue weighted by molar-refractivity contribution is 7.99. The van der Waals surface area contributed by atoms with Gasteiger partial charge >= 0.3 is 5.97 Å². The first kappa shape index (κ1) is 12.1. The lowest BCUT2D eigenvalue weighted by molar-refractivity contribution is 0.0696. The Morgan fingerprint density at radius 1 is 1.73 bits per heavy atom. The summed E-state index contributed by atoms with van der Waals surface area (Å²) in [6.07, 6.45) is 1.35. The quantitative estimate of drug-likeness (QED) is 0.780. The van der Waals surface area contributed by atoms with Crippen molar-refractivity contribution in [1.29, 1.82) is 0 Å². The molecule has 0 saturated heterocycles. The van der Waals surface area contributed by atoms with E-state index in [1.54, 1.807) is 11.7 Å². The van der Waals surface area contributed by atoms with Crippen molar-refractivity contribution in [3.8, 4) is 0 Å². The van der Waals surface area contributed by atoms with E-state index in [2.05, 4.69) is 5.10 Å². The molecule has 0 radical (unpaired) electrons. The average molecular weight is 230 g/mol. The van der Waals surface area contributed by atoms with Crippen molar-refractivity contribution in [2.45, 2.75) is 17.9 Å². The van der Waals surface area contributed by atoms with Gasteiger partial charge in [-0.05, 0) is 0 Å². The molecule has 6 heteroatoms. The van der Waals surface area contributed by atoms with E-state index in [-0.39, 0.29) is 17.4 Å². The van der Waals surface area contributed by atoms with Gasteiger partial charge in [0.05, 0.1) is 18.5 Å². The number of hydrogen-bond donors (Lipinski definition) is 2. The van der Waals surface area contributed by atoms with Crippen LogP contribution in [-0.2, 0) is 12.8 Å². The van der Waals surface area contributed by atoms with Crippen LogP contribution in [0.2, 0.25) is 0 Å². The summed E-state index contributed by atoms with van der Waals surface area (Å²) in [6, 6.07) is 0. The minimum Gasteiger partial charge on any atom is -0.478 e. The first-order valence-corrected chi connectivity index (χ1v) is 5.57. The van der Waals surface area contributed by atoms with E-state index in [0.29, 0.717) is 11.4 Å². The lowest BCUT2D eigenvalue weighted by atomic mass is 10.3. The zero-order valence-electron chi connectivity index (χ0n) is 8.67. The van der Waals surface area contributed by atoms with Gasteiger partial charge in [-0.25, -0.2) is 4.79 Å². The van der Waals surface area contributed by atoms with Crippen LogP contribution in [0.15, 0.2) is 6.20 Å². The Morgan fingerprint density at radius 2 is 2.40 bits per heavy atom. The van der Waals surface area contributed by atoms with E-state index >= 15 is 0 Å². The molecule has 1 heterocycles. The zero-order valence-corrected chi connectivity index (χ0v) is 9.49. The first-order chi connectivity index (χ1) is 7.06. The van der Waals surface area contributed by atoms with Gasteiger partial charge in [-0.1, -0.05) is 6.92 Å². The van der Waals surface area contributed by atoms with Gasteiger partial charge in [0.1, 0.15) is 5.56 Å². The van der Waals surface area contributed by atoms with E-state index < -0.39 is 5.97 Å². The van der Waals surface area contributed by atoms with Crippen molar-refractivity contribution in [1.82, 2.24) is 9.78 Å². The summed E-state index contributed by atoms with van der Waals surface area (Å²) in [7, 11) is 1.71. The minimum absolute atomic E-state index is 0.0882. The highest BCUT2D eigenvalue weighted by Crippen LogP contribution is 2.19. The highest BCUT2D eigenvalue weighted by Gasteiger charge is 2.15. The third-order valence-electron chi connectivity index (χ3n) is 2.05.